The first-order valence-corrected chi connectivity index (χ1v) is 6.62. The molecule has 0 unspecified atom stereocenters. The molecule has 0 amide bonds. The van der Waals surface area contributed by atoms with Crippen molar-refractivity contribution >= 4 is 29.8 Å². The largest absolute Gasteiger partial charge is 0.207 e. The van der Waals surface area contributed by atoms with Gasteiger partial charge >= 0.3 is 0 Å². The minimum absolute atomic E-state index is 0.275. The van der Waals surface area contributed by atoms with Gasteiger partial charge in [0.25, 0.3) is 0 Å². The Kier molecular flexibility index (Phi) is 2.98. The highest BCUT2D eigenvalue weighted by Gasteiger charge is 2.21. The summed E-state index contributed by atoms with van der Waals surface area (Å²) in [5.41, 5.74) is 6.78. The molecule has 0 bridgehead atoms. The normalized spacial score (nSPS) is 11.8. The number of rotatable bonds is 0. The minimum Gasteiger partial charge on any atom is -0.115 e. The van der Waals surface area contributed by atoms with Crippen LogP contribution in [-0.2, 0) is 0 Å². The molecule has 0 aliphatic carbocycles. The van der Waals surface area contributed by atoms with Crippen LogP contribution < -0.4 is 10.9 Å². The van der Waals surface area contributed by atoms with Crippen molar-refractivity contribution in [3.8, 4) is 24.7 Å². The third kappa shape index (κ3) is 1.95. The van der Waals surface area contributed by atoms with Gasteiger partial charge in [-0.25, -0.2) is 0 Å². The lowest BCUT2D eigenvalue weighted by atomic mass is 9.41. The minimum atomic E-state index is 0.275. The molecule has 0 spiro atoms. The fraction of sp³-hybridized carbons (Fsp3) is 0.0526. The van der Waals surface area contributed by atoms with E-state index < -0.39 is 0 Å². The van der Waals surface area contributed by atoms with E-state index in [1.165, 1.54) is 22.1 Å². The van der Waals surface area contributed by atoms with Gasteiger partial charge in [0, 0.05) is 11.1 Å². The molecule has 0 N–H and O–H groups in total. The number of terminal acetylenes is 2. The van der Waals surface area contributed by atoms with E-state index in [0.717, 1.165) is 11.1 Å². The average Bonchev–Trinajstić information content (AvgIpc) is 2.64. The van der Waals surface area contributed by atoms with Crippen molar-refractivity contribution in [2.24, 2.45) is 0 Å². The van der Waals surface area contributed by atoms with Crippen molar-refractivity contribution in [1.29, 1.82) is 0 Å². The maximum atomic E-state index is 5.51. The van der Waals surface area contributed by atoms with Gasteiger partial charge in [-0.05, 0) is 23.3 Å². The molecule has 2 aromatic rings. The van der Waals surface area contributed by atoms with Gasteiger partial charge in [0.15, 0.2) is 0 Å². The Hall–Kier alpha value is -2.64. The van der Waals surface area contributed by atoms with E-state index in [2.05, 4.69) is 55.1 Å². The Balaban J connectivity index is 2.23. The molecule has 1 heteroatoms. The SMILES string of the molecule is C#Cc1ccc2c(c1)B(C)c1cc(C#C)ccc1C=C2. The number of hydrogen-bond donors (Lipinski definition) is 0. The molecule has 92 valence electrons. The summed E-state index contributed by atoms with van der Waals surface area (Å²) in [6.45, 7) is 2.47. The zero-order valence-corrected chi connectivity index (χ0v) is 11.4. The molecule has 1 aliphatic heterocycles. The monoisotopic (exact) mass is 252 g/mol. The Morgan fingerprint density at radius 3 is 1.65 bits per heavy atom. The Labute approximate surface area is 120 Å². The molecule has 0 fully saturated rings. The van der Waals surface area contributed by atoms with Crippen LogP contribution in [0.2, 0.25) is 6.82 Å². The van der Waals surface area contributed by atoms with E-state index in [-0.39, 0.29) is 6.71 Å². The second-order valence-corrected chi connectivity index (χ2v) is 5.03. The summed E-state index contributed by atoms with van der Waals surface area (Å²) in [4.78, 5) is 0. The van der Waals surface area contributed by atoms with Crippen molar-refractivity contribution in [3.05, 3.63) is 58.7 Å². The second kappa shape index (κ2) is 4.80. The van der Waals surface area contributed by atoms with Gasteiger partial charge in [-0.1, -0.05) is 66.0 Å². The van der Waals surface area contributed by atoms with Gasteiger partial charge in [0.05, 0.1) is 0 Å². The summed E-state index contributed by atoms with van der Waals surface area (Å²) >= 11 is 0. The second-order valence-electron chi connectivity index (χ2n) is 5.03. The number of benzene rings is 2. The van der Waals surface area contributed by atoms with Crippen LogP contribution in [-0.4, -0.2) is 6.71 Å². The Morgan fingerprint density at radius 2 is 1.25 bits per heavy atom. The molecule has 0 aromatic heterocycles. The first-order chi connectivity index (χ1) is 9.72. The summed E-state index contributed by atoms with van der Waals surface area (Å²) in [6.07, 6.45) is 15.3. The summed E-state index contributed by atoms with van der Waals surface area (Å²) < 4.78 is 0. The van der Waals surface area contributed by atoms with Gasteiger partial charge in [0.2, 0.25) is 6.71 Å². The van der Waals surface area contributed by atoms with Crippen molar-refractivity contribution in [2.75, 3.05) is 0 Å². The topological polar surface area (TPSA) is 0 Å². The van der Waals surface area contributed by atoms with E-state index in [9.17, 15) is 0 Å². The van der Waals surface area contributed by atoms with Crippen molar-refractivity contribution < 1.29 is 0 Å². The van der Waals surface area contributed by atoms with E-state index in [1.807, 2.05) is 12.1 Å². The van der Waals surface area contributed by atoms with Gasteiger partial charge in [-0.15, -0.1) is 12.8 Å². The molecular weight excluding hydrogens is 239 g/mol. The summed E-state index contributed by atoms with van der Waals surface area (Å²) in [5, 5.41) is 0. The first kappa shape index (κ1) is 12.4. The third-order valence-corrected chi connectivity index (χ3v) is 3.88. The molecule has 3 rings (SSSR count). The first-order valence-electron chi connectivity index (χ1n) is 6.62. The summed E-state index contributed by atoms with van der Waals surface area (Å²) in [6, 6.07) is 12.3. The molecule has 0 saturated heterocycles. The van der Waals surface area contributed by atoms with Gasteiger partial charge in [0.1, 0.15) is 0 Å². The predicted octanol–water partition coefficient (Wildman–Crippen LogP) is 2.37. The summed E-state index contributed by atoms with van der Waals surface area (Å²) in [7, 11) is 0. The zero-order chi connectivity index (χ0) is 14.1. The highest BCUT2D eigenvalue weighted by Crippen LogP contribution is 2.14. The van der Waals surface area contributed by atoms with Crippen LogP contribution >= 0.6 is 0 Å². The predicted molar refractivity (Wildman–Crippen MR) is 88.6 cm³/mol. The lowest BCUT2D eigenvalue weighted by molar-refractivity contribution is 1.64. The molecule has 20 heavy (non-hydrogen) atoms. The molecule has 0 radical (unpaired) electrons. The molecule has 0 atom stereocenters. The van der Waals surface area contributed by atoms with E-state index in [0.29, 0.717) is 0 Å². The van der Waals surface area contributed by atoms with Crippen LogP contribution in [0, 0.1) is 24.7 Å². The lowest BCUT2D eigenvalue weighted by Crippen LogP contribution is -2.41. The fourth-order valence-corrected chi connectivity index (χ4v) is 2.73. The summed E-state index contributed by atoms with van der Waals surface area (Å²) in [5.74, 6) is 5.42. The van der Waals surface area contributed by atoms with Crippen molar-refractivity contribution in [2.45, 2.75) is 6.82 Å². The molecule has 0 nitrogen and oxygen atoms in total. The molecular formula is C19H13B. The van der Waals surface area contributed by atoms with Gasteiger partial charge < -0.3 is 0 Å². The number of fused-ring (bicyclic) bond motifs is 2. The third-order valence-electron chi connectivity index (χ3n) is 3.88. The maximum absolute atomic E-state index is 5.51. The van der Waals surface area contributed by atoms with Crippen molar-refractivity contribution in [1.82, 2.24) is 0 Å². The van der Waals surface area contributed by atoms with E-state index >= 15 is 0 Å². The highest BCUT2D eigenvalue weighted by molar-refractivity contribution is 6.85. The quantitative estimate of drug-likeness (QED) is 0.499. The van der Waals surface area contributed by atoms with Gasteiger partial charge in [-0.3, -0.25) is 0 Å². The molecule has 2 aromatic carbocycles. The smallest absolute Gasteiger partial charge is 0.115 e. The van der Waals surface area contributed by atoms with Crippen LogP contribution in [0.15, 0.2) is 36.4 Å². The molecule has 0 saturated carbocycles. The van der Waals surface area contributed by atoms with Crippen LogP contribution in [0.25, 0.3) is 12.2 Å². The Bertz CT molecular complexity index is 730. The lowest BCUT2D eigenvalue weighted by Gasteiger charge is -2.13. The Morgan fingerprint density at radius 1 is 0.800 bits per heavy atom. The van der Waals surface area contributed by atoms with Crippen LogP contribution in [0.1, 0.15) is 22.3 Å². The van der Waals surface area contributed by atoms with Crippen LogP contribution in [0.4, 0.5) is 0 Å². The average molecular weight is 252 g/mol. The van der Waals surface area contributed by atoms with Crippen molar-refractivity contribution in [3.63, 3.8) is 0 Å². The molecule has 1 aliphatic rings. The van der Waals surface area contributed by atoms with Crippen LogP contribution in [0.5, 0.6) is 0 Å². The number of hydrogen-bond acceptors (Lipinski definition) is 0. The zero-order valence-electron chi connectivity index (χ0n) is 11.4. The maximum Gasteiger partial charge on any atom is 0.207 e. The van der Waals surface area contributed by atoms with Crippen LogP contribution in [0.3, 0.4) is 0 Å². The molecule has 1 heterocycles. The fourth-order valence-electron chi connectivity index (χ4n) is 2.73. The van der Waals surface area contributed by atoms with Gasteiger partial charge in [-0.2, -0.15) is 0 Å². The highest BCUT2D eigenvalue weighted by atomic mass is 14.1. The van der Waals surface area contributed by atoms with E-state index in [4.69, 9.17) is 12.8 Å². The standard InChI is InChI=1S/C19H13B/c1-4-14-6-8-16-10-11-17-9-7-15(5-2)13-19(17)20(3)18(16)12-14/h1-2,6-13H,3H3. The van der Waals surface area contributed by atoms with E-state index in [1.54, 1.807) is 0 Å².